The summed E-state index contributed by atoms with van der Waals surface area (Å²) >= 11 is 0. The lowest BCUT2D eigenvalue weighted by Crippen LogP contribution is -2.48. The minimum absolute atomic E-state index is 0.0331. The summed E-state index contributed by atoms with van der Waals surface area (Å²) in [6.45, 7) is 6.86. The average Bonchev–Trinajstić information content (AvgIpc) is 2.80. The molecule has 192 valence electrons. The molecule has 0 aromatic carbocycles. The predicted molar refractivity (Wildman–Crippen MR) is 122 cm³/mol. The van der Waals surface area contributed by atoms with E-state index in [1.54, 1.807) is 18.7 Å². The van der Waals surface area contributed by atoms with E-state index in [0.717, 1.165) is 6.07 Å². The van der Waals surface area contributed by atoms with Gasteiger partial charge in [0.25, 0.3) is 11.5 Å². The molecule has 8 nitrogen and oxygen atoms in total. The largest absolute Gasteiger partial charge is 0.468 e. The molecule has 0 aliphatic carbocycles. The Morgan fingerprint density at radius 1 is 1.19 bits per heavy atom. The summed E-state index contributed by atoms with van der Waals surface area (Å²) < 4.78 is 61.0. The maximum absolute atomic E-state index is 14.1. The number of halogens is 4. The number of hydrogen-bond acceptors (Lipinski definition) is 6. The van der Waals surface area contributed by atoms with Gasteiger partial charge in [0.05, 0.1) is 22.3 Å². The topological polar surface area (TPSA) is 101 Å². The van der Waals surface area contributed by atoms with E-state index < -0.39 is 35.3 Å². The van der Waals surface area contributed by atoms with Crippen LogP contribution in [0.5, 0.6) is 5.88 Å². The molecule has 4 heterocycles. The van der Waals surface area contributed by atoms with Crippen LogP contribution in [0.25, 0.3) is 11.0 Å². The Balaban J connectivity index is 1.57. The molecule has 1 aliphatic rings. The molecular weight excluding hydrogens is 482 g/mol. The molecule has 1 N–H and O–H groups in total. The Bertz CT molecular complexity index is 1330. The number of amides is 1. The van der Waals surface area contributed by atoms with Crippen molar-refractivity contribution in [3.63, 3.8) is 0 Å². The molecule has 1 amide bonds. The number of ether oxygens (including phenoxy) is 1. The van der Waals surface area contributed by atoms with Crippen molar-refractivity contribution < 1.29 is 27.1 Å². The number of alkyl halides is 4. The second kappa shape index (κ2) is 9.47. The van der Waals surface area contributed by atoms with Crippen molar-refractivity contribution in [2.75, 3.05) is 13.1 Å². The maximum atomic E-state index is 14.1. The van der Waals surface area contributed by atoms with Crippen molar-refractivity contribution in [2.24, 2.45) is 11.8 Å². The number of pyridine rings is 2. The van der Waals surface area contributed by atoms with Crippen molar-refractivity contribution in [1.82, 2.24) is 24.8 Å². The molecule has 0 bridgehead atoms. The molecule has 4 atom stereocenters. The number of nitrogens with zero attached hydrogens (tertiary/aromatic N) is 4. The first-order valence-corrected chi connectivity index (χ1v) is 11.4. The minimum atomic E-state index is -4.77. The fourth-order valence-corrected chi connectivity index (χ4v) is 4.43. The molecular formula is C24H25F4N5O3. The number of aromatic nitrogens is 4. The number of carbonyl (C=O) groups is 1. The van der Waals surface area contributed by atoms with E-state index >= 15 is 0 Å². The quantitative estimate of drug-likeness (QED) is 0.530. The molecule has 0 saturated carbocycles. The fraction of sp³-hybridized carbons (Fsp3) is 0.458. The minimum Gasteiger partial charge on any atom is -0.468 e. The molecule has 3 aromatic rings. The predicted octanol–water partition coefficient (Wildman–Crippen LogP) is 4.25. The number of fused-ring (bicyclic) bond motifs is 1. The van der Waals surface area contributed by atoms with Crippen molar-refractivity contribution in [3.8, 4) is 5.88 Å². The number of likely N-dealkylation sites (tertiary alicyclic amines) is 1. The lowest BCUT2D eigenvalue weighted by atomic mass is 9.89. The molecule has 4 rings (SSSR count). The van der Waals surface area contributed by atoms with E-state index in [1.807, 2.05) is 0 Å². The van der Waals surface area contributed by atoms with Gasteiger partial charge in [0.15, 0.2) is 5.52 Å². The van der Waals surface area contributed by atoms with Gasteiger partial charge in [0, 0.05) is 37.2 Å². The lowest BCUT2D eigenvalue weighted by molar-refractivity contribution is -0.139. The summed E-state index contributed by atoms with van der Waals surface area (Å²) in [5.41, 5.74) is -2.41. The van der Waals surface area contributed by atoms with Crippen molar-refractivity contribution >= 4 is 16.9 Å². The van der Waals surface area contributed by atoms with E-state index in [0.29, 0.717) is 0 Å². The standard InChI is InChI=1S/C24H25F4N5O3/c1-11-9-33(10-12(2)19(11)25)23(35)15-5-6-18(29-8-15)36-13(3)20-16(24(26,27)28)7-17-21(32-20)22(34)31-14(4)30-17/h5-8,11-13,19H,9-10H2,1-4H3,(H,30,31,34)/t11-,12+,13-,19?/m0/s1. The highest BCUT2D eigenvalue weighted by molar-refractivity contribution is 5.94. The molecule has 0 spiro atoms. The Morgan fingerprint density at radius 3 is 2.44 bits per heavy atom. The fourth-order valence-electron chi connectivity index (χ4n) is 4.43. The van der Waals surface area contributed by atoms with Gasteiger partial charge in [-0.05, 0) is 26.0 Å². The van der Waals surface area contributed by atoms with Crippen LogP contribution in [-0.2, 0) is 6.18 Å². The highest BCUT2D eigenvalue weighted by Gasteiger charge is 2.37. The van der Waals surface area contributed by atoms with Crippen LogP contribution in [0, 0.1) is 18.8 Å². The smallest absolute Gasteiger partial charge is 0.418 e. The van der Waals surface area contributed by atoms with Crippen LogP contribution in [0.4, 0.5) is 17.6 Å². The molecule has 3 aromatic heterocycles. The summed E-state index contributed by atoms with van der Waals surface area (Å²) in [6, 6.07) is 3.59. The number of aryl methyl sites for hydroxylation is 1. The Hall–Kier alpha value is -3.57. The van der Waals surface area contributed by atoms with Gasteiger partial charge in [-0.25, -0.2) is 19.3 Å². The van der Waals surface area contributed by atoms with Gasteiger partial charge in [-0.3, -0.25) is 9.59 Å². The highest BCUT2D eigenvalue weighted by Crippen LogP contribution is 2.36. The molecule has 1 aliphatic heterocycles. The van der Waals surface area contributed by atoms with Crippen molar-refractivity contribution in [1.29, 1.82) is 0 Å². The summed E-state index contributed by atoms with van der Waals surface area (Å²) in [5, 5.41) is 0. The van der Waals surface area contributed by atoms with Gasteiger partial charge < -0.3 is 14.6 Å². The first kappa shape index (κ1) is 25.5. The second-order valence-electron chi connectivity index (χ2n) is 9.19. The SMILES string of the molecule is Cc1nc2cc(C(F)(F)F)c([C@H](C)Oc3ccc(C(=O)N4C[C@@H](C)C(F)[C@@H](C)C4)cn3)nc2c(=O)[nH]1. The van der Waals surface area contributed by atoms with Gasteiger partial charge in [-0.1, -0.05) is 13.8 Å². The van der Waals surface area contributed by atoms with Crippen LogP contribution >= 0.6 is 0 Å². The number of nitrogens with one attached hydrogen (secondary N) is 1. The zero-order valence-corrected chi connectivity index (χ0v) is 20.1. The van der Waals surface area contributed by atoms with E-state index in [-0.39, 0.29) is 59.1 Å². The van der Waals surface area contributed by atoms with E-state index in [9.17, 15) is 27.2 Å². The molecule has 36 heavy (non-hydrogen) atoms. The van der Waals surface area contributed by atoms with Crippen LogP contribution in [0.2, 0.25) is 0 Å². The Labute approximate surface area is 203 Å². The summed E-state index contributed by atoms with van der Waals surface area (Å²) in [6.07, 6.45) is -5.72. The number of carbonyl (C=O) groups excluding carboxylic acids is 1. The summed E-state index contributed by atoms with van der Waals surface area (Å²) in [5.74, 6) is -0.772. The van der Waals surface area contributed by atoms with E-state index in [2.05, 4.69) is 19.9 Å². The van der Waals surface area contributed by atoms with E-state index in [1.165, 1.54) is 32.2 Å². The monoisotopic (exact) mass is 507 g/mol. The average molecular weight is 507 g/mol. The second-order valence-corrected chi connectivity index (χ2v) is 9.19. The zero-order chi connectivity index (χ0) is 26.4. The van der Waals surface area contributed by atoms with Crippen molar-refractivity contribution in [2.45, 2.75) is 46.1 Å². The van der Waals surface area contributed by atoms with Gasteiger partial charge in [0.1, 0.15) is 18.1 Å². The maximum Gasteiger partial charge on any atom is 0.418 e. The molecule has 1 saturated heterocycles. The van der Waals surface area contributed by atoms with Crippen LogP contribution in [0.1, 0.15) is 54.3 Å². The van der Waals surface area contributed by atoms with Crippen molar-refractivity contribution in [3.05, 3.63) is 57.4 Å². The third-order valence-corrected chi connectivity index (χ3v) is 6.19. The zero-order valence-electron chi connectivity index (χ0n) is 20.1. The third kappa shape index (κ3) is 5.02. The van der Waals surface area contributed by atoms with Crippen LogP contribution in [0.3, 0.4) is 0 Å². The first-order chi connectivity index (χ1) is 16.8. The number of piperidine rings is 1. The number of hydrogen-bond donors (Lipinski definition) is 1. The van der Waals surface area contributed by atoms with Crippen LogP contribution in [0.15, 0.2) is 29.2 Å². The first-order valence-electron chi connectivity index (χ1n) is 11.4. The molecule has 1 fully saturated rings. The molecule has 0 radical (unpaired) electrons. The highest BCUT2D eigenvalue weighted by atomic mass is 19.4. The summed E-state index contributed by atoms with van der Waals surface area (Å²) in [4.78, 5) is 41.0. The summed E-state index contributed by atoms with van der Waals surface area (Å²) in [7, 11) is 0. The molecule has 12 heteroatoms. The normalized spacial score (nSPS) is 21.4. The lowest BCUT2D eigenvalue weighted by Gasteiger charge is -2.37. The Kier molecular flexibility index (Phi) is 6.72. The number of aromatic amines is 1. The number of H-pyrrole nitrogens is 1. The molecule has 1 unspecified atom stereocenters. The van der Waals surface area contributed by atoms with Gasteiger partial charge >= 0.3 is 6.18 Å². The van der Waals surface area contributed by atoms with Gasteiger partial charge in [-0.15, -0.1) is 0 Å². The van der Waals surface area contributed by atoms with Crippen LogP contribution < -0.4 is 10.3 Å². The number of rotatable bonds is 4. The van der Waals surface area contributed by atoms with Gasteiger partial charge in [-0.2, -0.15) is 13.2 Å². The van der Waals surface area contributed by atoms with Crippen LogP contribution in [-0.4, -0.2) is 50.0 Å². The Morgan fingerprint density at radius 2 is 1.86 bits per heavy atom. The van der Waals surface area contributed by atoms with E-state index in [4.69, 9.17) is 4.74 Å². The third-order valence-electron chi connectivity index (χ3n) is 6.19. The van der Waals surface area contributed by atoms with Gasteiger partial charge in [0.2, 0.25) is 5.88 Å².